The second-order valence-electron chi connectivity index (χ2n) is 6.31. The van der Waals surface area contributed by atoms with E-state index in [1.54, 1.807) is 18.5 Å². The molecule has 1 saturated heterocycles. The number of pyridine rings is 1. The Balaban J connectivity index is 0.00000176. The Labute approximate surface area is 156 Å². The summed E-state index contributed by atoms with van der Waals surface area (Å²) in [6.07, 6.45) is 14.7. The van der Waals surface area contributed by atoms with Crippen molar-refractivity contribution in [2.24, 2.45) is 11.3 Å². The van der Waals surface area contributed by atoms with E-state index < -0.39 is 0 Å². The van der Waals surface area contributed by atoms with Crippen molar-refractivity contribution >= 4 is 11.9 Å². The number of ketones is 1. The summed E-state index contributed by atoms with van der Waals surface area (Å²) in [5, 5.41) is 3.43. The van der Waals surface area contributed by atoms with Gasteiger partial charge in [0.1, 0.15) is 0 Å². The van der Waals surface area contributed by atoms with Gasteiger partial charge in [0.25, 0.3) is 0 Å². The monoisotopic (exact) mass is 520 g/mol. The predicted molar refractivity (Wildman–Crippen MR) is 82.3 cm³/mol. The van der Waals surface area contributed by atoms with Crippen LogP contribution in [0.4, 0.5) is 0 Å². The van der Waals surface area contributed by atoms with Crippen LogP contribution in [0.3, 0.4) is 0 Å². The average Bonchev–Trinajstić information content (AvgIpc) is 3.18. The maximum absolute atomic E-state index is 11.8. The molecule has 1 aliphatic heterocycles. The number of Topliss-reactive ketones (excluding diaryl/α,β-unsaturated/α-hetero) is 1. The molecule has 1 unspecified atom stereocenters. The van der Waals surface area contributed by atoms with Gasteiger partial charge in [0.2, 0.25) is 0 Å². The van der Waals surface area contributed by atoms with Crippen molar-refractivity contribution in [2.45, 2.75) is 38.5 Å². The molecule has 1 saturated carbocycles. The Hall–Kier alpha value is -0.428. The van der Waals surface area contributed by atoms with Crippen LogP contribution in [-0.2, 0) is 4.79 Å². The van der Waals surface area contributed by atoms with Gasteiger partial charge in [-0.2, -0.15) is 0 Å². The zero-order valence-corrected chi connectivity index (χ0v) is 17.1. The normalized spacial score (nSPS) is 22.5. The first-order chi connectivity index (χ1) is 10.3. The fraction of sp³-hybridized carbons (Fsp3) is 0.556. The van der Waals surface area contributed by atoms with E-state index in [9.17, 15) is 4.79 Å². The van der Waals surface area contributed by atoms with Crippen molar-refractivity contribution < 1.29 is 35.9 Å². The number of carbonyl (C=O) groups excluding carboxylic acids is 1. The number of aromatic nitrogens is 1. The third kappa shape index (κ3) is 4.78. The number of allylic oxidation sites excluding steroid dienone is 1. The number of nitrogens with zero attached hydrogens (tertiary/aromatic N) is 1. The molecule has 114 valence electrons. The fourth-order valence-electron chi connectivity index (χ4n) is 3.53. The summed E-state index contributed by atoms with van der Waals surface area (Å²) < 4.78 is 0. The SMILES string of the molecule is O=C([C-]=Cc1[c-]cncc1)CCCC1CC12CCNCC2.[U+2]. The van der Waals surface area contributed by atoms with Crippen molar-refractivity contribution in [1.82, 2.24) is 10.3 Å². The summed E-state index contributed by atoms with van der Waals surface area (Å²) in [7, 11) is 0. The van der Waals surface area contributed by atoms with Crippen molar-refractivity contribution in [3.05, 3.63) is 36.2 Å². The number of nitrogens with one attached hydrogen (secondary N) is 1. The molecule has 2 heterocycles. The molecule has 1 aromatic rings. The third-order valence-corrected chi connectivity index (χ3v) is 4.95. The van der Waals surface area contributed by atoms with Gasteiger partial charge in [0.15, 0.2) is 0 Å². The molecule has 2 fully saturated rings. The molecule has 3 rings (SSSR count). The molecule has 1 atom stereocenters. The summed E-state index contributed by atoms with van der Waals surface area (Å²) in [6, 6.07) is 4.78. The Bertz CT molecular complexity index is 509. The molecule has 1 aliphatic carbocycles. The van der Waals surface area contributed by atoms with Crippen molar-refractivity contribution in [3.63, 3.8) is 0 Å². The molecule has 0 bridgehead atoms. The molecule has 1 aromatic heterocycles. The number of hydrogen-bond acceptors (Lipinski definition) is 3. The van der Waals surface area contributed by atoms with Crippen LogP contribution in [0, 0.1) is 54.6 Å². The van der Waals surface area contributed by atoms with Gasteiger partial charge >= 0.3 is 31.1 Å². The maximum atomic E-state index is 11.8. The topological polar surface area (TPSA) is 42.0 Å². The molecule has 0 aromatic carbocycles. The number of piperidine rings is 1. The average molecular weight is 520 g/mol. The Morgan fingerprint density at radius 3 is 3.05 bits per heavy atom. The van der Waals surface area contributed by atoms with Gasteiger partial charge in [-0.05, 0) is 69.1 Å². The third-order valence-electron chi connectivity index (χ3n) is 4.95. The second-order valence-corrected chi connectivity index (χ2v) is 6.31. The number of rotatable bonds is 6. The van der Waals surface area contributed by atoms with Crippen LogP contribution in [0.15, 0.2) is 18.5 Å². The predicted octanol–water partition coefficient (Wildman–Crippen LogP) is 2.83. The van der Waals surface area contributed by atoms with Gasteiger partial charge in [-0.1, -0.05) is 6.20 Å². The molecular formula is C18H22N2OU. The Morgan fingerprint density at radius 1 is 1.50 bits per heavy atom. The summed E-state index contributed by atoms with van der Waals surface area (Å²) in [5.74, 6) is 0.963. The van der Waals surface area contributed by atoms with Gasteiger partial charge in [-0.15, -0.1) is 0 Å². The summed E-state index contributed by atoms with van der Waals surface area (Å²) in [6.45, 7) is 2.35. The van der Waals surface area contributed by atoms with Crippen LogP contribution in [0.1, 0.15) is 44.1 Å². The maximum Gasteiger partial charge on any atom is 2.00 e. The molecule has 0 amide bonds. The van der Waals surface area contributed by atoms with Crippen LogP contribution in [-0.4, -0.2) is 23.9 Å². The van der Waals surface area contributed by atoms with Crippen LogP contribution < -0.4 is 5.32 Å². The first-order valence-electron chi connectivity index (χ1n) is 7.94. The molecule has 1 N–H and O–H groups in total. The molecule has 0 radical (unpaired) electrons. The number of hydrogen-bond donors (Lipinski definition) is 1. The van der Waals surface area contributed by atoms with Gasteiger partial charge in [0.05, 0.1) is 5.78 Å². The Kier molecular flexibility index (Phi) is 6.87. The summed E-state index contributed by atoms with van der Waals surface area (Å²) >= 11 is 0. The Morgan fingerprint density at radius 2 is 2.32 bits per heavy atom. The van der Waals surface area contributed by atoms with Crippen LogP contribution >= 0.6 is 0 Å². The van der Waals surface area contributed by atoms with E-state index in [1.165, 1.54) is 38.8 Å². The van der Waals surface area contributed by atoms with E-state index in [0.29, 0.717) is 11.8 Å². The summed E-state index contributed by atoms with van der Waals surface area (Å²) in [5.41, 5.74) is 1.49. The fourth-order valence-corrected chi connectivity index (χ4v) is 3.53. The van der Waals surface area contributed by atoms with Gasteiger partial charge < -0.3 is 21.8 Å². The smallest absolute Gasteiger partial charge is 0.344 e. The minimum Gasteiger partial charge on any atom is -0.344 e. The molecule has 22 heavy (non-hydrogen) atoms. The zero-order chi connectivity index (χ0) is 14.5. The first-order valence-corrected chi connectivity index (χ1v) is 7.94. The molecule has 4 heteroatoms. The number of carbonyl (C=O) groups is 1. The van der Waals surface area contributed by atoms with Crippen molar-refractivity contribution in [3.8, 4) is 0 Å². The summed E-state index contributed by atoms with van der Waals surface area (Å²) in [4.78, 5) is 15.7. The van der Waals surface area contributed by atoms with E-state index in [2.05, 4.69) is 22.4 Å². The largest absolute Gasteiger partial charge is 2.00 e. The van der Waals surface area contributed by atoms with Crippen molar-refractivity contribution in [1.29, 1.82) is 0 Å². The van der Waals surface area contributed by atoms with E-state index in [1.807, 2.05) is 6.07 Å². The second kappa shape index (κ2) is 8.43. The standard InChI is InChI=1S/C18H22N2O.U/c21-17(5-4-15-6-10-19-11-7-15)3-1-2-16-14-18(16)8-12-20-13-9-18;/h4,6,10-11,16,20H,1-3,8-9,12-14H2;/q-2;+2. The molecule has 3 nitrogen and oxygen atoms in total. The van der Waals surface area contributed by atoms with Gasteiger partial charge in [-0.3, -0.25) is 17.1 Å². The first kappa shape index (κ1) is 17.9. The van der Waals surface area contributed by atoms with Crippen LogP contribution in [0.25, 0.3) is 6.08 Å². The van der Waals surface area contributed by atoms with E-state index in [4.69, 9.17) is 0 Å². The molecule has 2 aliphatic rings. The molecule has 1 spiro atoms. The van der Waals surface area contributed by atoms with Crippen molar-refractivity contribution in [2.75, 3.05) is 13.1 Å². The van der Waals surface area contributed by atoms with Crippen LogP contribution in [0.2, 0.25) is 0 Å². The minimum absolute atomic E-state index is 0. The zero-order valence-electron chi connectivity index (χ0n) is 12.9. The van der Waals surface area contributed by atoms with E-state index in [-0.39, 0.29) is 36.9 Å². The van der Waals surface area contributed by atoms with E-state index >= 15 is 0 Å². The van der Waals surface area contributed by atoms with Crippen LogP contribution in [0.5, 0.6) is 0 Å². The van der Waals surface area contributed by atoms with E-state index in [0.717, 1.165) is 17.9 Å². The quantitative estimate of drug-likeness (QED) is 0.464. The minimum atomic E-state index is 0. The molecular weight excluding hydrogens is 498 g/mol. The van der Waals surface area contributed by atoms with Gasteiger partial charge in [0, 0.05) is 0 Å². The van der Waals surface area contributed by atoms with Gasteiger partial charge in [-0.25, -0.2) is 6.07 Å².